The van der Waals surface area contributed by atoms with Gasteiger partial charge in [0.1, 0.15) is 0 Å². The first-order valence-corrected chi connectivity index (χ1v) is 7.07. The molecule has 0 aliphatic carbocycles. The van der Waals surface area contributed by atoms with Crippen LogP contribution in [0, 0.1) is 0 Å². The number of carbonyl (C=O) groups excluding carboxylic acids is 2. The van der Waals surface area contributed by atoms with Crippen molar-refractivity contribution in [2.45, 2.75) is 25.9 Å². The zero-order valence-electron chi connectivity index (χ0n) is 12.1. The second-order valence-corrected chi connectivity index (χ2v) is 5.27. The van der Waals surface area contributed by atoms with E-state index in [4.69, 9.17) is 0 Å². The molecule has 0 unspecified atom stereocenters. The number of hydrogen-bond donors (Lipinski definition) is 4. The van der Waals surface area contributed by atoms with E-state index in [2.05, 4.69) is 26.1 Å². The molecule has 22 heavy (non-hydrogen) atoms. The number of benzene rings is 1. The van der Waals surface area contributed by atoms with Gasteiger partial charge >= 0.3 is 6.03 Å². The molecule has 114 valence electrons. The predicted octanol–water partition coefficient (Wildman–Crippen LogP) is 1.46. The van der Waals surface area contributed by atoms with Crippen molar-refractivity contribution in [1.82, 2.24) is 20.8 Å². The Kier molecular flexibility index (Phi) is 3.78. The van der Waals surface area contributed by atoms with Gasteiger partial charge in [0, 0.05) is 11.9 Å². The highest BCUT2D eigenvalue weighted by Crippen LogP contribution is 2.26. The van der Waals surface area contributed by atoms with E-state index in [1.807, 2.05) is 25.1 Å². The van der Waals surface area contributed by atoms with Crippen molar-refractivity contribution in [3.63, 3.8) is 0 Å². The maximum Gasteiger partial charge on any atom is 0.315 e. The summed E-state index contributed by atoms with van der Waals surface area (Å²) in [5, 5.41) is 15.0. The van der Waals surface area contributed by atoms with E-state index in [0.717, 1.165) is 22.5 Å². The number of aromatic nitrogens is 2. The lowest BCUT2D eigenvalue weighted by molar-refractivity contribution is -0.115. The van der Waals surface area contributed by atoms with Gasteiger partial charge in [0.25, 0.3) is 0 Å². The Balaban J connectivity index is 1.57. The average molecular weight is 299 g/mol. The fraction of sp³-hybridized carbons (Fsp3) is 0.267. The Hall–Kier alpha value is -2.83. The number of fused-ring (bicyclic) bond motifs is 1. The molecule has 0 saturated heterocycles. The van der Waals surface area contributed by atoms with Gasteiger partial charge in [-0.15, -0.1) is 0 Å². The molecule has 1 atom stereocenters. The van der Waals surface area contributed by atoms with Crippen LogP contribution in [0.15, 0.2) is 30.5 Å². The Morgan fingerprint density at radius 3 is 3.05 bits per heavy atom. The fourth-order valence-electron chi connectivity index (χ4n) is 2.41. The standard InChI is InChI=1S/C15H17N5O2/c1-9(18-15(22)16-8-12-4-5-17-20-12)10-2-3-13-11(6-10)7-14(21)19-13/h2-6,9H,7-8H2,1H3,(H,17,20)(H,19,21)(H2,16,18,22)/t9-/m1/s1. The largest absolute Gasteiger partial charge is 0.333 e. The average Bonchev–Trinajstić information content (AvgIpc) is 3.12. The molecule has 0 bridgehead atoms. The Morgan fingerprint density at radius 2 is 2.27 bits per heavy atom. The molecule has 2 heterocycles. The van der Waals surface area contributed by atoms with E-state index in [0.29, 0.717) is 13.0 Å². The second kappa shape index (κ2) is 5.88. The lowest BCUT2D eigenvalue weighted by atomic mass is 10.0. The topological polar surface area (TPSA) is 98.9 Å². The van der Waals surface area contributed by atoms with Crippen molar-refractivity contribution in [1.29, 1.82) is 0 Å². The fourth-order valence-corrected chi connectivity index (χ4v) is 2.41. The Labute approximate surface area is 127 Å². The highest BCUT2D eigenvalue weighted by molar-refractivity contribution is 5.99. The van der Waals surface area contributed by atoms with Gasteiger partial charge in [-0.1, -0.05) is 12.1 Å². The highest BCUT2D eigenvalue weighted by Gasteiger charge is 2.19. The molecule has 0 fully saturated rings. The molecule has 1 aromatic heterocycles. The summed E-state index contributed by atoms with van der Waals surface area (Å²) in [6, 6.07) is 7.13. The van der Waals surface area contributed by atoms with Gasteiger partial charge in [0.15, 0.2) is 0 Å². The van der Waals surface area contributed by atoms with E-state index in [1.54, 1.807) is 12.3 Å². The van der Waals surface area contributed by atoms with Crippen molar-refractivity contribution in [3.05, 3.63) is 47.3 Å². The summed E-state index contributed by atoms with van der Waals surface area (Å²) in [5.74, 6) is 0.00469. The quantitative estimate of drug-likeness (QED) is 0.688. The number of anilines is 1. The van der Waals surface area contributed by atoms with Crippen LogP contribution in [0.2, 0.25) is 0 Å². The highest BCUT2D eigenvalue weighted by atomic mass is 16.2. The number of aromatic amines is 1. The van der Waals surface area contributed by atoms with Gasteiger partial charge < -0.3 is 16.0 Å². The van der Waals surface area contributed by atoms with Gasteiger partial charge in [0.2, 0.25) is 5.91 Å². The third-order valence-corrected chi connectivity index (χ3v) is 3.60. The van der Waals surface area contributed by atoms with Gasteiger partial charge in [-0.05, 0) is 30.2 Å². The van der Waals surface area contributed by atoms with Crippen molar-refractivity contribution < 1.29 is 9.59 Å². The van der Waals surface area contributed by atoms with Crippen LogP contribution >= 0.6 is 0 Å². The second-order valence-electron chi connectivity index (χ2n) is 5.27. The first kappa shape index (κ1) is 14.1. The number of amides is 3. The molecule has 4 N–H and O–H groups in total. The number of H-pyrrole nitrogens is 1. The minimum atomic E-state index is -0.253. The predicted molar refractivity (Wildman–Crippen MR) is 81.1 cm³/mol. The Bertz CT molecular complexity index is 696. The molecule has 3 amide bonds. The third kappa shape index (κ3) is 3.08. The van der Waals surface area contributed by atoms with Crippen molar-refractivity contribution >= 4 is 17.6 Å². The van der Waals surface area contributed by atoms with Crippen LogP contribution in [0.4, 0.5) is 10.5 Å². The summed E-state index contributed by atoms with van der Waals surface area (Å²) in [4.78, 5) is 23.2. The van der Waals surface area contributed by atoms with Crippen LogP contribution in [0.3, 0.4) is 0 Å². The van der Waals surface area contributed by atoms with Gasteiger partial charge in [-0.25, -0.2) is 4.79 Å². The molecule has 7 nitrogen and oxygen atoms in total. The van der Waals surface area contributed by atoms with Crippen LogP contribution in [0.5, 0.6) is 0 Å². The number of urea groups is 1. The van der Waals surface area contributed by atoms with Gasteiger partial charge in [-0.2, -0.15) is 5.10 Å². The van der Waals surface area contributed by atoms with E-state index in [1.165, 1.54) is 0 Å². The SMILES string of the molecule is C[C@@H](NC(=O)NCc1ccn[nH]1)c1ccc2c(c1)CC(=O)N2. The maximum absolute atomic E-state index is 11.9. The van der Waals surface area contributed by atoms with Crippen LogP contribution in [0.1, 0.15) is 29.8 Å². The molecule has 7 heteroatoms. The van der Waals surface area contributed by atoms with E-state index < -0.39 is 0 Å². The number of hydrogen-bond acceptors (Lipinski definition) is 3. The van der Waals surface area contributed by atoms with E-state index in [-0.39, 0.29) is 18.0 Å². The molecular formula is C15H17N5O2. The Morgan fingerprint density at radius 1 is 1.41 bits per heavy atom. The molecule has 3 rings (SSSR count). The third-order valence-electron chi connectivity index (χ3n) is 3.60. The smallest absolute Gasteiger partial charge is 0.315 e. The lowest BCUT2D eigenvalue weighted by Gasteiger charge is -2.15. The number of nitrogens with zero attached hydrogens (tertiary/aromatic N) is 1. The first-order valence-electron chi connectivity index (χ1n) is 7.07. The molecule has 0 radical (unpaired) electrons. The summed E-state index contributed by atoms with van der Waals surface area (Å²) >= 11 is 0. The number of carbonyl (C=O) groups is 2. The molecule has 1 aliphatic heterocycles. The summed E-state index contributed by atoms with van der Waals surface area (Å²) in [6.07, 6.45) is 2.03. The van der Waals surface area contributed by atoms with Gasteiger partial charge in [-0.3, -0.25) is 9.89 Å². The molecule has 1 aliphatic rings. The van der Waals surface area contributed by atoms with Crippen molar-refractivity contribution in [2.24, 2.45) is 0 Å². The zero-order chi connectivity index (χ0) is 15.5. The lowest BCUT2D eigenvalue weighted by Crippen LogP contribution is -2.36. The summed E-state index contributed by atoms with van der Waals surface area (Å²) in [5.41, 5.74) is 3.62. The van der Waals surface area contributed by atoms with Crippen LogP contribution < -0.4 is 16.0 Å². The molecular weight excluding hydrogens is 282 g/mol. The molecule has 0 spiro atoms. The number of rotatable bonds is 4. The van der Waals surface area contributed by atoms with Crippen LogP contribution in [-0.2, 0) is 17.8 Å². The van der Waals surface area contributed by atoms with Crippen LogP contribution in [0.25, 0.3) is 0 Å². The van der Waals surface area contributed by atoms with Crippen LogP contribution in [-0.4, -0.2) is 22.1 Å². The maximum atomic E-state index is 11.9. The monoisotopic (exact) mass is 299 g/mol. The minimum absolute atomic E-state index is 0.00469. The molecule has 0 saturated carbocycles. The zero-order valence-corrected chi connectivity index (χ0v) is 12.1. The number of nitrogens with one attached hydrogen (secondary N) is 4. The molecule has 2 aromatic rings. The van der Waals surface area contributed by atoms with E-state index in [9.17, 15) is 9.59 Å². The summed E-state index contributed by atoms with van der Waals surface area (Å²) in [7, 11) is 0. The minimum Gasteiger partial charge on any atom is -0.333 e. The summed E-state index contributed by atoms with van der Waals surface area (Å²) < 4.78 is 0. The van der Waals surface area contributed by atoms with Gasteiger partial charge in [0.05, 0.1) is 24.7 Å². The van der Waals surface area contributed by atoms with E-state index >= 15 is 0 Å². The summed E-state index contributed by atoms with van der Waals surface area (Å²) in [6.45, 7) is 2.29. The van der Waals surface area contributed by atoms with Crippen molar-refractivity contribution in [2.75, 3.05) is 5.32 Å². The normalized spacial score (nSPS) is 14.1. The first-order chi connectivity index (χ1) is 10.6. The van der Waals surface area contributed by atoms with Crippen molar-refractivity contribution in [3.8, 4) is 0 Å². The molecule has 1 aromatic carbocycles.